The average molecular weight is 461 g/mol. The van der Waals surface area contributed by atoms with E-state index >= 15 is 0 Å². The third kappa shape index (κ3) is 4.42. The molecule has 1 atom stereocenters. The van der Waals surface area contributed by atoms with Gasteiger partial charge in [0.1, 0.15) is 5.75 Å². The van der Waals surface area contributed by atoms with E-state index in [9.17, 15) is 0 Å². The summed E-state index contributed by atoms with van der Waals surface area (Å²) in [5, 5.41) is 0. The molecule has 0 saturated carbocycles. The van der Waals surface area contributed by atoms with Crippen LogP contribution in [0.2, 0.25) is 0 Å². The van der Waals surface area contributed by atoms with Gasteiger partial charge in [0.15, 0.2) is 0 Å². The van der Waals surface area contributed by atoms with Gasteiger partial charge >= 0.3 is 0 Å². The molecule has 5 heteroatoms. The van der Waals surface area contributed by atoms with Gasteiger partial charge in [-0.1, -0.05) is 35.0 Å². The molecule has 0 aromatic heterocycles. The van der Waals surface area contributed by atoms with Gasteiger partial charge in [0.2, 0.25) is 0 Å². The second-order valence-electron chi connectivity index (χ2n) is 4.68. The summed E-state index contributed by atoms with van der Waals surface area (Å²) in [5.41, 5.74) is 5.16. The van der Waals surface area contributed by atoms with Gasteiger partial charge in [-0.15, -0.1) is 0 Å². The minimum atomic E-state index is -0.0466. The van der Waals surface area contributed by atoms with Crippen molar-refractivity contribution < 1.29 is 4.74 Å². The van der Waals surface area contributed by atoms with E-state index in [1.54, 1.807) is 0 Å². The van der Waals surface area contributed by atoms with Crippen molar-refractivity contribution in [3.63, 3.8) is 0 Å². The second-order valence-corrected chi connectivity index (χ2v) is 6.76. The van der Waals surface area contributed by atoms with Crippen LogP contribution >= 0.6 is 38.5 Å². The number of hydrazine groups is 1. The van der Waals surface area contributed by atoms with E-state index in [1.165, 1.54) is 3.57 Å². The first-order valence-electron chi connectivity index (χ1n) is 6.79. The van der Waals surface area contributed by atoms with Crippen LogP contribution in [0.1, 0.15) is 30.5 Å². The van der Waals surface area contributed by atoms with Crippen molar-refractivity contribution in [3.8, 4) is 5.75 Å². The van der Waals surface area contributed by atoms with Crippen molar-refractivity contribution in [2.24, 2.45) is 5.84 Å². The van der Waals surface area contributed by atoms with Gasteiger partial charge in [0, 0.05) is 8.04 Å². The molecule has 0 fully saturated rings. The number of ether oxygens (including phenoxy) is 1. The van der Waals surface area contributed by atoms with E-state index in [2.05, 4.69) is 63.0 Å². The van der Waals surface area contributed by atoms with Crippen LogP contribution < -0.4 is 16.0 Å². The summed E-state index contributed by atoms with van der Waals surface area (Å²) in [6.45, 7) is 2.83. The highest BCUT2D eigenvalue weighted by atomic mass is 127. The van der Waals surface area contributed by atoms with E-state index in [-0.39, 0.29) is 6.04 Å². The molecule has 2 aromatic carbocycles. The molecule has 0 heterocycles. The Kier molecular flexibility index (Phi) is 6.47. The molecule has 0 aliphatic rings. The van der Waals surface area contributed by atoms with Gasteiger partial charge in [-0.25, -0.2) is 5.43 Å². The molecule has 0 aliphatic carbocycles. The highest BCUT2D eigenvalue weighted by molar-refractivity contribution is 14.1. The maximum atomic E-state index is 5.77. The predicted molar refractivity (Wildman–Crippen MR) is 98.3 cm³/mol. The fourth-order valence-electron chi connectivity index (χ4n) is 2.08. The Labute approximate surface area is 147 Å². The topological polar surface area (TPSA) is 47.3 Å². The Morgan fingerprint density at radius 2 is 1.95 bits per heavy atom. The Morgan fingerprint density at radius 1 is 1.24 bits per heavy atom. The maximum Gasteiger partial charge on any atom is 0.119 e. The van der Waals surface area contributed by atoms with Crippen LogP contribution in [0.3, 0.4) is 0 Å². The lowest BCUT2D eigenvalue weighted by atomic mass is 9.99. The molecule has 2 aromatic rings. The standard InChI is InChI=1S/C16H18BrIN2O/c1-2-9-21-13-6-3-11(4-7-13)16(20-19)14-10-12(17)5-8-15(14)18/h3-8,10,16,20H,2,9,19H2,1H3. The van der Waals surface area contributed by atoms with Crippen LogP contribution in [0.5, 0.6) is 5.75 Å². The summed E-state index contributed by atoms with van der Waals surface area (Å²) in [7, 11) is 0. The van der Waals surface area contributed by atoms with Crippen LogP contribution in [0.25, 0.3) is 0 Å². The minimum Gasteiger partial charge on any atom is -0.494 e. The van der Waals surface area contributed by atoms with Crippen molar-refractivity contribution in [3.05, 3.63) is 61.6 Å². The predicted octanol–water partition coefficient (Wildman–Crippen LogP) is 4.40. The molecule has 0 radical (unpaired) electrons. The third-order valence-electron chi connectivity index (χ3n) is 3.12. The van der Waals surface area contributed by atoms with Crippen molar-refractivity contribution in [1.29, 1.82) is 0 Å². The molecule has 0 aliphatic heterocycles. The monoisotopic (exact) mass is 460 g/mol. The van der Waals surface area contributed by atoms with Crippen LogP contribution in [0, 0.1) is 3.57 Å². The lowest BCUT2D eigenvalue weighted by Gasteiger charge is -2.19. The highest BCUT2D eigenvalue weighted by Crippen LogP contribution is 2.29. The van der Waals surface area contributed by atoms with Gasteiger partial charge < -0.3 is 4.74 Å². The van der Waals surface area contributed by atoms with Crippen molar-refractivity contribution >= 4 is 38.5 Å². The third-order valence-corrected chi connectivity index (χ3v) is 4.60. The first-order chi connectivity index (χ1) is 10.2. The molecule has 0 bridgehead atoms. The number of hydrogen-bond donors (Lipinski definition) is 2. The lowest BCUT2D eigenvalue weighted by molar-refractivity contribution is 0.317. The lowest BCUT2D eigenvalue weighted by Crippen LogP contribution is -2.29. The summed E-state index contributed by atoms with van der Waals surface area (Å²) in [4.78, 5) is 0. The van der Waals surface area contributed by atoms with Crippen LogP contribution in [-0.4, -0.2) is 6.61 Å². The zero-order valence-corrected chi connectivity index (χ0v) is 15.5. The molecule has 3 nitrogen and oxygen atoms in total. The van der Waals surface area contributed by atoms with E-state index < -0.39 is 0 Å². The van der Waals surface area contributed by atoms with Crippen LogP contribution in [0.4, 0.5) is 0 Å². The smallest absolute Gasteiger partial charge is 0.119 e. The van der Waals surface area contributed by atoms with Crippen molar-refractivity contribution in [2.45, 2.75) is 19.4 Å². The number of nitrogens with two attached hydrogens (primary N) is 1. The fourth-order valence-corrected chi connectivity index (χ4v) is 3.10. The number of halogens is 2. The SMILES string of the molecule is CCCOc1ccc(C(NN)c2cc(Br)ccc2I)cc1. The van der Waals surface area contributed by atoms with Gasteiger partial charge in [0.05, 0.1) is 12.6 Å². The Hall–Kier alpha value is -0.630. The zero-order valence-electron chi connectivity index (χ0n) is 11.8. The molecule has 0 amide bonds. The first-order valence-corrected chi connectivity index (χ1v) is 8.66. The zero-order chi connectivity index (χ0) is 15.2. The number of rotatable bonds is 6. The van der Waals surface area contributed by atoms with Gasteiger partial charge in [-0.2, -0.15) is 0 Å². The van der Waals surface area contributed by atoms with Gasteiger partial charge in [0.25, 0.3) is 0 Å². The molecule has 0 saturated heterocycles. The van der Waals surface area contributed by atoms with Crippen molar-refractivity contribution in [2.75, 3.05) is 6.61 Å². The molecule has 0 spiro atoms. The number of hydrogen-bond acceptors (Lipinski definition) is 3. The van der Waals surface area contributed by atoms with E-state index in [0.717, 1.165) is 34.4 Å². The Bertz CT molecular complexity index is 589. The molecular weight excluding hydrogens is 443 g/mol. The van der Waals surface area contributed by atoms with Gasteiger partial charge in [-0.05, 0) is 70.5 Å². The molecule has 112 valence electrons. The van der Waals surface area contributed by atoms with Crippen LogP contribution in [0.15, 0.2) is 46.9 Å². The molecule has 3 N–H and O–H groups in total. The van der Waals surface area contributed by atoms with Crippen LogP contribution in [-0.2, 0) is 0 Å². The van der Waals surface area contributed by atoms with Gasteiger partial charge in [-0.3, -0.25) is 5.84 Å². The minimum absolute atomic E-state index is 0.0466. The number of nitrogens with one attached hydrogen (secondary N) is 1. The van der Waals surface area contributed by atoms with E-state index in [1.807, 2.05) is 30.3 Å². The van der Waals surface area contributed by atoms with E-state index in [4.69, 9.17) is 10.6 Å². The average Bonchev–Trinajstić information content (AvgIpc) is 2.50. The summed E-state index contributed by atoms with van der Waals surface area (Å²) in [5.74, 6) is 6.66. The molecular formula is C16H18BrIN2O. The highest BCUT2D eigenvalue weighted by Gasteiger charge is 2.15. The normalized spacial score (nSPS) is 12.2. The first kappa shape index (κ1) is 16.7. The fraction of sp³-hybridized carbons (Fsp3) is 0.250. The number of benzene rings is 2. The summed E-state index contributed by atoms with van der Waals surface area (Å²) < 4.78 is 7.83. The van der Waals surface area contributed by atoms with E-state index in [0.29, 0.717) is 0 Å². The second kappa shape index (κ2) is 8.12. The summed E-state index contributed by atoms with van der Waals surface area (Å²) >= 11 is 5.84. The quantitative estimate of drug-likeness (QED) is 0.381. The molecule has 21 heavy (non-hydrogen) atoms. The van der Waals surface area contributed by atoms with Crippen molar-refractivity contribution in [1.82, 2.24) is 5.43 Å². The Morgan fingerprint density at radius 3 is 2.57 bits per heavy atom. The molecule has 2 rings (SSSR count). The molecule has 1 unspecified atom stereocenters. The maximum absolute atomic E-state index is 5.77. The summed E-state index contributed by atoms with van der Waals surface area (Å²) in [6, 6.07) is 14.2. The Balaban J connectivity index is 2.26. The summed E-state index contributed by atoms with van der Waals surface area (Å²) in [6.07, 6.45) is 1.00. The largest absolute Gasteiger partial charge is 0.494 e.